The normalized spacial score (nSPS) is 16.4. The van der Waals surface area contributed by atoms with E-state index in [1.54, 1.807) is 7.11 Å². The smallest absolute Gasteiger partial charge is 0.119 e. The molecule has 0 spiro atoms. The first-order chi connectivity index (χ1) is 8.36. The molecule has 0 bridgehead atoms. The maximum absolute atomic E-state index is 5.26. The van der Waals surface area contributed by atoms with E-state index in [9.17, 15) is 0 Å². The highest BCUT2D eigenvalue weighted by Crippen LogP contribution is 2.34. The van der Waals surface area contributed by atoms with E-state index in [1.165, 1.54) is 15.1 Å². The van der Waals surface area contributed by atoms with Gasteiger partial charge in [0.15, 0.2) is 0 Å². The highest BCUT2D eigenvalue weighted by atomic mass is 32.1. The van der Waals surface area contributed by atoms with Gasteiger partial charge in [0, 0.05) is 30.9 Å². The molecule has 90 valence electrons. The quantitative estimate of drug-likeness (QED) is 0.882. The van der Waals surface area contributed by atoms with Gasteiger partial charge in [-0.15, -0.1) is 11.3 Å². The molecular formula is C13H16N2OS. The minimum atomic E-state index is 0.933. The molecule has 0 atom stereocenters. The number of anilines is 1. The van der Waals surface area contributed by atoms with Gasteiger partial charge in [-0.25, -0.2) is 0 Å². The molecule has 0 saturated carbocycles. The van der Waals surface area contributed by atoms with Gasteiger partial charge in [-0.2, -0.15) is 0 Å². The van der Waals surface area contributed by atoms with Crippen molar-refractivity contribution < 1.29 is 4.74 Å². The molecular weight excluding hydrogens is 232 g/mol. The molecule has 0 aliphatic carbocycles. The SMILES string of the molecule is COc1ccc2sc(N3CCNCC3)cc2c1. The molecule has 1 saturated heterocycles. The number of nitrogens with one attached hydrogen (secondary N) is 1. The second kappa shape index (κ2) is 4.55. The number of thiophene rings is 1. The molecule has 3 rings (SSSR count). The van der Waals surface area contributed by atoms with Crippen LogP contribution in [-0.2, 0) is 0 Å². The first kappa shape index (κ1) is 10.9. The number of hydrogen-bond acceptors (Lipinski definition) is 4. The molecule has 4 heteroatoms. The lowest BCUT2D eigenvalue weighted by molar-refractivity contribution is 0.415. The number of benzene rings is 1. The van der Waals surface area contributed by atoms with Crippen molar-refractivity contribution in [1.82, 2.24) is 5.32 Å². The Balaban J connectivity index is 1.95. The van der Waals surface area contributed by atoms with Crippen LogP contribution >= 0.6 is 11.3 Å². The molecule has 1 aromatic carbocycles. The largest absolute Gasteiger partial charge is 0.497 e. The molecule has 1 aliphatic rings. The summed E-state index contributed by atoms with van der Waals surface area (Å²) >= 11 is 1.87. The summed E-state index contributed by atoms with van der Waals surface area (Å²) in [5.74, 6) is 0.933. The summed E-state index contributed by atoms with van der Waals surface area (Å²) in [6.45, 7) is 4.36. The van der Waals surface area contributed by atoms with Crippen LogP contribution < -0.4 is 15.0 Å². The summed E-state index contributed by atoms with van der Waals surface area (Å²) in [6, 6.07) is 8.55. The van der Waals surface area contributed by atoms with E-state index in [-0.39, 0.29) is 0 Å². The third-order valence-corrected chi connectivity index (χ3v) is 4.32. The average Bonchev–Trinajstić information content (AvgIpc) is 2.82. The van der Waals surface area contributed by atoms with E-state index in [1.807, 2.05) is 17.4 Å². The fraction of sp³-hybridized carbons (Fsp3) is 0.385. The Morgan fingerprint density at radius 2 is 2.06 bits per heavy atom. The van der Waals surface area contributed by atoms with Gasteiger partial charge in [0.25, 0.3) is 0 Å². The second-order valence-corrected chi connectivity index (χ2v) is 5.29. The van der Waals surface area contributed by atoms with Crippen LogP contribution in [0.4, 0.5) is 5.00 Å². The van der Waals surface area contributed by atoms with Crippen LogP contribution in [0.2, 0.25) is 0 Å². The highest BCUT2D eigenvalue weighted by molar-refractivity contribution is 7.22. The third kappa shape index (κ3) is 2.10. The fourth-order valence-corrected chi connectivity index (χ4v) is 3.27. The van der Waals surface area contributed by atoms with Crippen LogP contribution in [0, 0.1) is 0 Å². The van der Waals surface area contributed by atoms with Crippen LogP contribution in [0.3, 0.4) is 0 Å². The molecule has 17 heavy (non-hydrogen) atoms. The van der Waals surface area contributed by atoms with E-state index in [0.29, 0.717) is 0 Å². The first-order valence-electron chi connectivity index (χ1n) is 5.90. The van der Waals surface area contributed by atoms with Gasteiger partial charge in [0.2, 0.25) is 0 Å². The van der Waals surface area contributed by atoms with Crippen molar-refractivity contribution in [2.45, 2.75) is 0 Å². The predicted octanol–water partition coefficient (Wildman–Crippen LogP) is 2.32. The number of nitrogens with zero attached hydrogens (tertiary/aromatic N) is 1. The van der Waals surface area contributed by atoms with Gasteiger partial charge in [-0.05, 0) is 29.7 Å². The van der Waals surface area contributed by atoms with Gasteiger partial charge in [-0.3, -0.25) is 0 Å². The van der Waals surface area contributed by atoms with E-state index < -0.39 is 0 Å². The lowest BCUT2D eigenvalue weighted by Crippen LogP contribution is -2.43. The second-order valence-electron chi connectivity index (χ2n) is 4.23. The molecule has 1 aromatic heterocycles. The summed E-state index contributed by atoms with van der Waals surface area (Å²) in [4.78, 5) is 2.45. The van der Waals surface area contributed by atoms with Gasteiger partial charge < -0.3 is 15.0 Å². The Morgan fingerprint density at radius 3 is 2.82 bits per heavy atom. The van der Waals surface area contributed by atoms with E-state index in [4.69, 9.17) is 4.74 Å². The van der Waals surface area contributed by atoms with Gasteiger partial charge in [-0.1, -0.05) is 0 Å². The topological polar surface area (TPSA) is 24.5 Å². The van der Waals surface area contributed by atoms with Crippen LogP contribution in [0.5, 0.6) is 5.75 Å². The van der Waals surface area contributed by atoms with Crippen molar-refractivity contribution in [3.63, 3.8) is 0 Å². The average molecular weight is 248 g/mol. The molecule has 3 nitrogen and oxygen atoms in total. The van der Waals surface area contributed by atoms with Crippen molar-refractivity contribution in [3.05, 3.63) is 24.3 Å². The Bertz CT molecular complexity index is 517. The minimum absolute atomic E-state index is 0.933. The molecule has 2 heterocycles. The molecule has 0 unspecified atom stereocenters. The van der Waals surface area contributed by atoms with Gasteiger partial charge in [0.05, 0.1) is 12.1 Å². The molecule has 1 fully saturated rings. The van der Waals surface area contributed by atoms with Crippen LogP contribution in [0.15, 0.2) is 24.3 Å². The maximum atomic E-state index is 5.26. The number of methoxy groups -OCH3 is 1. The summed E-state index contributed by atoms with van der Waals surface area (Å²) in [5.41, 5.74) is 0. The fourth-order valence-electron chi connectivity index (χ4n) is 2.18. The Morgan fingerprint density at radius 1 is 1.24 bits per heavy atom. The Labute approximate surface area is 105 Å². The third-order valence-electron chi connectivity index (χ3n) is 3.14. The Hall–Kier alpha value is -1.26. The minimum Gasteiger partial charge on any atom is -0.497 e. The van der Waals surface area contributed by atoms with Crippen molar-refractivity contribution in [2.75, 3.05) is 38.2 Å². The van der Waals surface area contributed by atoms with Crippen LogP contribution in [0.25, 0.3) is 10.1 Å². The van der Waals surface area contributed by atoms with E-state index in [0.717, 1.165) is 31.9 Å². The number of hydrogen-bond donors (Lipinski definition) is 1. The summed E-state index contributed by atoms with van der Waals surface area (Å²) in [5, 5.41) is 6.03. The van der Waals surface area contributed by atoms with Crippen molar-refractivity contribution in [2.24, 2.45) is 0 Å². The van der Waals surface area contributed by atoms with Crippen LogP contribution in [-0.4, -0.2) is 33.3 Å². The summed E-state index contributed by atoms with van der Waals surface area (Å²) < 4.78 is 6.59. The first-order valence-corrected chi connectivity index (χ1v) is 6.72. The van der Waals surface area contributed by atoms with E-state index >= 15 is 0 Å². The highest BCUT2D eigenvalue weighted by Gasteiger charge is 2.13. The molecule has 1 aliphatic heterocycles. The number of piperazine rings is 1. The monoisotopic (exact) mass is 248 g/mol. The zero-order chi connectivity index (χ0) is 11.7. The number of fused-ring (bicyclic) bond motifs is 1. The van der Waals surface area contributed by atoms with Crippen molar-refractivity contribution >= 4 is 26.4 Å². The molecule has 1 N–H and O–H groups in total. The van der Waals surface area contributed by atoms with E-state index in [2.05, 4.69) is 28.4 Å². The number of ether oxygens (including phenoxy) is 1. The zero-order valence-electron chi connectivity index (χ0n) is 9.90. The Kier molecular flexibility index (Phi) is 2.91. The van der Waals surface area contributed by atoms with Crippen molar-refractivity contribution in [1.29, 1.82) is 0 Å². The predicted molar refractivity (Wildman–Crippen MR) is 73.5 cm³/mol. The molecule has 0 amide bonds. The standard InChI is InChI=1S/C13H16N2OS/c1-16-11-2-3-12-10(8-11)9-13(17-12)15-6-4-14-5-7-15/h2-3,8-9,14H,4-7H2,1H3. The van der Waals surface area contributed by atoms with Gasteiger partial charge in [0.1, 0.15) is 5.75 Å². The summed E-state index contributed by atoms with van der Waals surface area (Å²) in [7, 11) is 1.71. The van der Waals surface area contributed by atoms with Crippen molar-refractivity contribution in [3.8, 4) is 5.75 Å². The maximum Gasteiger partial charge on any atom is 0.119 e. The van der Waals surface area contributed by atoms with Crippen LogP contribution in [0.1, 0.15) is 0 Å². The van der Waals surface area contributed by atoms with Gasteiger partial charge >= 0.3 is 0 Å². The molecule has 2 aromatic rings. The zero-order valence-corrected chi connectivity index (χ0v) is 10.7. The summed E-state index contributed by atoms with van der Waals surface area (Å²) in [6.07, 6.45) is 0. The molecule has 0 radical (unpaired) electrons. The number of rotatable bonds is 2. The lowest BCUT2D eigenvalue weighted by atomic mass is 10.2. The lowest BCUT2D eigenvalue weighted by Gasteiger charge is -2.27.